The van der Waals surface area contributed by atoms with Gasteiger partial charge >= 0.3 is 5.97 Å². The summed E-state index contributed by atoms with van der Waals surface area (Å²) in [5.74, 6) is 0.876. The normalized spacial score (nSPS) is 27.1. The number of carbonyl (C=O) groups is 1. The van der Waals surface area contributed by atoms with Gasteiger partial charge in [0.05, 0.1) is 26.4 Å². The monoisotopic (exact) mass is 320 g/mol. The largest absolute Gasteiger partial charge is 0.497 e. The van der Waals surface area contributed by atoms with Gasteiger partial charge in [-0.2, -0.15) is 0 Å². The van der Waals surface area contributed by atoms with Gasteiger partial charge in [-0.05, 0) is 37.8 Å². The van der Waals surface area contributed by atoms with Crippen LogP contribution in [-0.4, -0.2) is 38.5 Å². The van der Waals surface area contributed by atoms with E-state index in [1.807, 2.05) is 6.07 Å². The molecule has 2 aliphatic heterocycles. The van der Waals surface area contributed by atoms with Crippen molar-refractivity contribution in [3.8, 4) is 11.5 Å². The topological polar surface area (TPSA) is 54.0 Å². The lowest BCUT2D eigenvalue weighted by molar-refractivity contribution is -0.0647. The molecule has 0 aromatic heterocycles. The van der Waals surface area contributed by atoms with E-state index in [4.69, 9.17) is 18.9 Å². The summed E-state index contributed by atoms with van der Waals surface area (Å²) in [7, 11) is 3.16. The highest BCUT2D eigenvalue weighted by Crippen LogP contribution is 2.35. The zero-order valence-corrected chi connectivity index (χ0v) is 14.0. The van der Waals surface area contributed by atoms with Gasteiger partial charge in [0, 0.05) is 18.9 Å². The molecule has 0 radical (unpaired) electrons. The van der Waals surface area contributed by atoms with Crippen LogP contribution in [0.5, 0.6) is 11.5 Å². The first-order valence-electron chi connectivity index (χ1n) is 8.22. The summed E-state index contributed by atoms with van der Waals surface area (Å²) in [5.41, 5.74) is 1.44. The Bertz CT molecular complexity index is 583. The zero-order valence-electron chi connectivity index (χ0n) is 14.0. The van der Waals surface area contributed by atoms with Crippen molar-refractivity contribution in [2.75, 3.05) is 14.2 Å². The number of esters is 1. The van der Waals surface area contributed by atoms with Crippen LogP contribution in [0.4, 0.5) is 0 Å². The summed E-state index contributed by atoms with van der Waals surface area (Å²) in [6, 6.07) is 3.61. The van der Waals surface area contributed by atoms with E-state index in [9.17, 15) is 4.79 Å². The molecule has 0 aliphatic carbocycles. The van der Waals surface area contributed by atoms with Gasteiger partial charge in [0.15, 0.2) is 0 Å². The van der Waals surface area contributed by atoms with Gasteiger partial charge in [-0.25, -0.2) is 4.79 Å². The average molecular weight is 320 g/mol. The molecule has 3 unspecified atom stereocenters. The highest BCUT2D eigenvalue weighted by atomic mass is 16.6. The fourth-order valence-corrected chi connectivity index (χ4v) is 3.51. The van der Waals surface area contributed by atoms with Crippen molar-refractivity contribution < 1.29 is 23.7 Å². The predicted molar refractivity (Wildman–Crippen MR) is 85.3 cm³/mol. The molecule has 0 saturated carbocycles. The summed E-state index contributed by atoms with van der Waals surface area (Å²) >= 11 is 0. The summed E-state index contributed by atoms with van der Waals surface area (Å²) < 4.78 is 22.2. The van der Waals surface area contributed by atoms with Gasteiger partial charge in [0.2, 0.25) is 0 Å². The quantitative estimate of drug-likeness (QED) is 0.798. The summed E-state index contributed by atoms with van der Waals surface area (Å²) in [6.07, 6.45) is 5.04. The highest BCUT2D eigenvalue weighted by Gasteiger charge is 2.33. The van der Waals surface area contributed by atoms with Crippen LogP contribution < -0.4 is 9.47 Å². The fourth-order valence-electron chi connectivity index (χ4n) is 3.51. The first-order valence-corrected chi connectivity index (χ1v) is 8.22. The van der Waals surface area contributed by atoms with E-state index in [2.05, 4.69) is 6.92 Å². The standard InChI is InChI=1S/C18H24O5/c1-11-5-4-6-13(22-11)9-15-8-12-7-14(20-2)10-16(21-3)17(12)18(19)23-15/h7,10-11,13,15H,4-6,8-9H2,1-3H3. The third-order valence-corrected chi connectivity index (χ3v) is 4.63. The summed E-state index contributed by atoms with van der Waals surface area (Å²) in [5, 5.41) is 0. The number of fused-ring (bicyclic) bond motifs is 1. The zero-order chi connectivity index (χ0) is 16.4. The van der Waals surface area contributed by atoms with E-state index in [0.717, 1.165) is 24.8 Å². The summed E-state index contributed by atoms with van der Waals surface area (Å²) in [4.78, 5) is 12.4. The molecule has 126 valence electrons. The number of ether oxygens (including phenoxy) is 4. The van der Waals surface area contributed by atoms with Gasteiger partial charge in [-0.3, -0.25) is 0 Å². The van der Waals surface area contributed by atoms with Crippen molar-refractivity contribution in [1.82, 2.24) is 0 Å². The molecule has 1 aromatic rings. The van der Waals surface area contributed by atoms with E-state index < -0.39 is 0 Å². The van der Waals surface area contributed by atoms with Crippen LogP contribution in [0.2, 0.25) is 0 Å². The molecule has 3 rings (SSSR count). The van der Waals surface area contributed by atoms with Gasteiger partial charge in [-0.15, -0.1) is 0 Å². The molecular weight excluding hydrogens is 296 g/mol. The average Bonchev–Trinajstić information content (AvgIpc) is 2.53. The van der Waals surface area contributed by atoms with Crippen molar-refractivity contribution in [3.63, 3.8) is 0 Å². The third-order valence-electron chi connectivity index (χ3n) is 4.63. The van der Waals surface area contributed by atoms with Crippen molar-refractivity contribution in [3.05, 3.63) is 23.3 Å². The lowest BCUT2D eigenvalue weighted by atomic mass is 9.92. The van der Waals surface area contributed by atoms with Crippen molar-refractivity contribution >= 4 is 5.97 Å². The minimum absolute atomic E-state index is 0.151. The fraction of sp³-hybridized carbons (Fsp3) is 0.611. The Morgan fingerprint density at radius 3 is 2.70 bits per heavy atom. The van der Waals surface area contributed by atoms with Crippen LogP contribution in [-0.2, 0) is 15.9 Å². The van der Waals surface area contributed by atoms with Crippen molar-refractivity contribution in [2.45, 2.75) is 57.3 Å². The molecule has 1 fully saturated rings. The van der Waals surface area contributed by atoms with Crippen LogP contribution in [0.25, 0.3) is 0 Å². The van der Waals surface area contributed by atoms with Crippen molar-refractivity contribution in [1.29, 1.82) is 0 Å². The maximum Gasteiger partial charge on any atom is 0.342 e. The highest BCUT2D eigenvalue weighted by molar-refractivity contribution is 5.95. The Balaban J connectivity index is 1.78. The maximum atomic E-state index is 12.4. The second kappa shape index (κ2) is 6.79. The maximum absolute atomic E-state index is 12.4. The number of benzene rings is 1. The molecule has 1 saturated heterocycles. The molecule has 1 aromatic carbocycles. The molecule has 0 amide bonds. The number of methoxy groups -OCH3 is 2. The molecule has 0 bridgehead atoms. The second-order valence-electron chi connectivity index (χ2n) is 6.33. The lowest BCUT2D eigenvalue weighted by Gasteiger charge is -2.32. The van der Waals surface area contributed by atoms with Crippen LogP contribution in [0.1, 0.15) is 48.5 Å². The first kappa shape index (κ1) is 16.1. The Morgan fingerprint density at radius 1 is 1.17 bits per heavy atom. The Kier molecular flexibility index (Phi) is 4.76. The number of hydrogen-bond donors (Lipinski definition) is 0. The molecule has 5 heteroatoms. The Hall–Kier alpha value is -1.75. The van der Waals surface area contributed by atoms with E-state index in [1.165, 1.54) is 6.42 Å². The third kappa shape index (κ3) is 3.44. The Labute approximate surface area is 136 Å². The number of cyclic esters (lactones) is 1. The van der Waals surface area contributed by atoms with Crippen molar-refractivity contribution in [2.24, 2.45) is 0 Å². The van der Waals surface area contributed by atoms with Gasteiger partial charge in [0.25, 0.3) is 0 Å². The van der Waals surface area contributed by atoms with Crippen LogP contribution in [0.3, 0.4) is 0 Å². The molecule has 2 aliphatic rings. The van der Waals surface area contributed by atoms with Gasteiger partial charge < -0.3 is 18.9 Å². The lowest BCUT2D eigenvalue weighted by Crippen LogP contribution is -2.34. The summed E-state index contributed by atoms with van der Waals surface area (Å²) in [6.45, 7) is 2.10. The molecule has 5 nitrogen and oxygen atoms in total. The SMILES string of the molecule is COc1cc2c(c(OC)c1)C(=O)OC(CC1CCCC(C)O1)C2. The predicted octanol–water partition coefficient (Wildman–Crippen LogP) is 3.13. The molecular formula is C18H24O5. The van der Waals surface area contributed by atoms with E-state index in [0.29, 0.717) is 29.6 Å². The van der Waals surface area contributed by atoms with Crippen LogP contribution >= 0.6 is 0 Å². The first-order chi connectivity index (χ1) is 11.1. The molecule has 3 atom stereocenters. The number of carbonyl (C=O) groups excluding carboxylic acids is 1. The number of rotatable bonds is 4. The van der Waals surface area contributed by atoms with Gasteiger partial charge in [-0.1, -0.05) is 0 Å². The molecule has 2 heterocycles. The van der Waals surface area contributed by atoms with E-state index in [1.54, 1.807) is 20.3 Å². The van der Waals surface area contributed by atoms with E-state index in [-0.39, 0.29) is 18.2 Å². The molecule has 0 spiro atoms. The Morgan fingerprint density at radius 2 is 2.00 bits per heavy atom. The van der Waals surface area contributed by atoms with Crippen LogP contribution in [0, 0.1) is 0 Å². The molecule has 23 heavy (non-hydrogen) atoms. The van der Waals surface area contributed by atoms with Gasteiger partial charge in [0.1, 0.15) is 23.2 Å². The smallest absolute Gasteiger partial charge is 0.342 e. The second-order valence-corrected chi connectivity index (χ2v) is 6.33. The van der Waals surface area contributed by atoms with E-state index >= 15 is 0 Å². The number of hydrogen-bond acceptors (Lipinski definition) is 5. The van der Waals surface area contributed by atoms with Crippen LogP contribution in [0.15, 0.2) is 12.1 Å². The minimum atomic E-state index is -0.320. The minimum Gasteiger partial charge on any atom is -0.497 e. The molecule has 0 N–H and O–H groups in total.